The standard InChI is InChI=1S/C20H20FN5O2S/c1-13-22-20-26(23-13)19(27)18(29-20)17(16-3-2-12-28-16)25-10-8-24(9-11-25)15-6-4-14(21)5-7-15/h2-7,12,17,27H,8-11H2,1H3/p+1/t17-/m0/s1. The van der Waals surface area contributed by atoms with Gasteiger partial charge in [0.1, 0.15) is 16.5 Å². The molecule has 1 aliphatic rings. The van der Waals surface area contributed by atoms with Crippen LogP contribution in [0, 0.1) is 12.7 Å². The number of benzene rings is 1. The van der Waals surface area contributed by atoms with E-state index in [1.54, 1.807) is 6.26 Å². The highest BCUT2D eigenvalue weighted by Gasteiger charge is 2.36. The highest BCUT2D eigenvalue weighted by atomic mass is 32.1. The molecule has 1 atom stereocenters. The summed E-state index contributed by atoms with van der Waals surface area (Å²) in [6, 6.07) is 10.3. The number of anilines is 1. The third-order valence-electron chi connectivity index (χ3n) is 5.40. The molecule has 1 aliphatic heterocycles. The molecular formula is C20H21FN5O2S+. The van der Waals surface area contributed by atoms with Crippen molar-refractivity contribution in [2.45, 2.75) is 13.0 Å². The Kier molecular flexibility index (Phi) is 4.48. The highest BCUT2D eigenvalue weighted by Crippen LogP contribution is 2.35. The van der Waals surface area contributed by atoms with E-state index in [0.717, 1.165) is 42.5 Å². The molecule has 7 nitrogen and oxygen atoms in total. The van der Waals surface area contributed by atoms with Crippen molar-refractivity contribution < 1.29 is 18.8 Å². The average molecular weight is 414 g/mol. The SMILES string of the molecule is Cc1nc2sc([C@H](c3ccco3)[NH+]3CCN(c4ccc(F)cc4)CC3)c(O)n2n1. The summed E-state index contributed by atoms with van der Waals surface area (Å²) in [6.07, 6.45) is 1.66. The van der Waals surface area contributed by atoms with Gasteiger partial charge in [0.2, 0.25) is 10.8 Å². The highest BCUT2D eigenvalue weighted by molar-refractivity contribution is 7.17. The van der Waals surface area contributed by atoms with Gasteiger partial charge in [-0.25, -0.2) is 9.37 Å². The number of rotatable bonds is 4. The minimum Gasteiger partial charge on any atom is -0.492 e. The summed E-state index contributed by atoms with van der Waals surface area (Å²) in [4.78, 5) is 9.44. The maximum absolute atomic E-state index is 13.2. The van der Waals surface area contributed by atoms with Crippen LogP contribution in [0.5, 0.6) is 5.88 Å². The largest absolute Gasteiger partial charge is 0.492 e. The summed E-state index contributed by atoms with van der Waals surface area (Å²) in [5.74, 6) is 1.35. The van der Waals surface area contributed by atoms with Crippen molar-refractivity contribution in [2.24, 2.45) is 0 Å². The van der Waals surface area contributed by atoms with Crippen molar-refractivity contribution in [3.8, 4) is 5.88 Å². The summed E-state index contributed by atoms with van der Waals surface area (Å²) >= 11 is 1.45. The zero-order chi connectivity index (χ0) is 20.0. The molecule has 4 aromatic rings. The molecule has 4 heterocycles. The van der Waals surface area contributed by atoms with E-state index in [1.165, 1.54) is 32.9 Å². The van der Waals surface area contributed by atoms with E-state index >= 15 is 0 Å². The Morgan fingerprint density at radius 3 is 2.62 bits per heavy atom. The number of aromatic nitrogens is 3. The maximum atomic E-state index is 13.2. The first-order chi connectivity index (χ1) is 14.1. The summed E-state index contributed by atoms with van der Waals surface area (Å²) in [6.45, 7) is 5.18. The fourth-order valence-corrected chi connectivity index (χ4v) is 5.17. The number of hydrogen-bond donors (Lipinski definition) is 2. The van der Waals surface area contributed by atoms with Crippen LogP contribution in [-0.4, -0.2) is 45.9 Å². The Morgan fingerprint density at radius 1 is 1.21 bits per heavy atom. The number of quaternary nitrogens is 1. The third kappa shape index (κ3) is 3.26. The first-order valence-electron chi connectivity index (χ1n) is 9.53. The van der Waals surface area contributed by atoms with Crippen molar-refractivity contribution >= 4 is 22.0 Å². The first kappa shape index (κ1) is 18.1. The Labute approximate surface area is 170 Å². The van der Waals surface area contributed by atoms with Crippen LogP contribution >= 0.6 is 11.3 Å². The van der Waals surface area contributed by atoms with E-state index in [4.69, 9.17) is 4.42 Å². The molecule has 1 aromatic carbocycles. The molecule has 29 heavy (non-hydrogen) atoms. The predicted molar refractivity (Wildman–Crippen MR) is 107 cm³/mol. The Balaban J connectivity index is 1.43. The molecule has 5 rings (SSSR count). The quantitative estimate of drug-likeness (QED) is 0.535. The lowest BCUT2D eigenvalue weighted by molar-refractivity contribution is -0.926. The van der Waals surface area contributed by atoms with E-state index in [-0.39, 0.29) is 17.7 Å². The number of halogens is 1. The van der Waals surface area contributed by atoms with Gasteiger partial charge in [0.15, 0.2) is 11.8 Å². The molecule has 0 saturated carbocycles. The lowest BCUT2D eigenvalue weighted by atomic mass is 10.1. The Morgan fingerprint density at radius 2 is 1.97 bits per heavy atom. The second kappa shape index (κ2) is 7.16. The third-order valence-corrected chi connectivity index (χ3v) is 6.49. The van der Waals surface area contributed by atoms with Crippen molar-refractivity contribution in [1.82, 2.24) is 14.6 Å². The number of nitrogens with zero attached hydrogens (tertiary/aromatic N) is 4. The number of thiazole rings is 1. The monoisotopic (exact) mass is 414 g/mol. The zero-order valence-corrected chi connectivity index (χ0v) is 16.7. The summed E-state index contributed by atoms with van der Waals surface area (Å²) < 4.78 is 20.5. The van der Waals surface area contributed by atoms with Crippen LogP contribution in [0.3, 0.4) is 0 Å². The maximum Gasteiger partial charge on any atom is 0.235 e. The predicted octanol–water partition coefficient (Wildman–Crippen LogP) is 2.03. The van der Waals surface area contributed by atoms with Crippen LogP contribution in [0.15, 0.2) is 47.1 Å². The fraction of sp³-hybridized carbons (Fsp3) is 0.300. The first-order valence-corrected chi connectivity index (χ1v) is 10.4. The van der Waals surface area contributed by atoms with Gasteiger partial charge in [0.25, 0.3) is 0 Å². The molecule has 150 valence electrons. The summed E-state index contributed by atoms with van der Waals surface area (Å²) in [5, 5.41) is 15.1. The van der Waals surface area contributed by atoms with Crippen LogP contribution in [0.25, 0.3) is 4.96 Å². The van der Waals surface area contributed by atoms with Crippen LogP contribution in [0.4, 0.5) is 10.1 Å². The van der Waals surface area contributed by atoms with E-state index in [9.17, 15) is 9.50 Å². The molecule has 0 bridgehead atoms. The van der Waals surface area contributed by atoms with E-state index in [0.29, 0.717) is 10.8 Å². The Bertz CT molecular complexity index is 1110. The topological polar surface area (TPSA) is 71.2 Å². The van der Waals surface area contributed by atoms with Gasteiger partial charge >= 0.3 is 0 Å². The molecule has 9 heteroatoms. The molecule has 0 radical (unpaired) electrons. The van der Waals surface area contributed by atoms with Crippen LogP contribution in [-0.2, 0) is 0 Å². The lowest BCUT2D eigenvalue weighted by Crippen LogP contribution is -3.15. The number of nitrogens with one attached hydrogen (secondary N) is 1. The molecule has 3 aromatic heterocycles. The van der Waals surface area contributed by atoms with Crippen LogP contribution < -0.4 is 9.80 Å². The van der Waals surface area contributed by atoms with Crippen molar-refractivity contribution in [3.05, 3.63) is 64.9 Å². The molecule has 0 aliphatic carbocycles. The summed E-state index contributed by atoms with van der Waals surface area (Å²) in [5.41, 5.74) is 1.03. The van der Waals surface area contributed by atoms with Gasteiger partial charge in [-0.1, -0.05) is 11.3 Å². The van der Waals surface area contributed by atoms with Gasteiger partial charge < -0.3 is 19.3 Å². The van der Waals surface area contributed by atoms with Gasteiger partial charge in [-0.05, 0) is 43.3 Å². The molecule has 0 amide bonds. The average Bonchev–Trinajstić information content (AvgIpc) is 3.43. The van der Waals surface area contributed by atoms with Gasteiger partial charge in [0, 0.05) is 5.69 Å². The molecule has 2 N–H and O–H groups in total. The van der Waals surface area contributed by atoms with Crippen molar-refractivity contribution in [2.75, 3.05) is 31.1 Å². The van der Waals surface area contributed by atoms with Crippen molar-refractivity contribution in [3.63, 3.8) is 0 Å². The fourth-order valence-electron chi connectivity index (χ4n) is 4.00. The number of fused-ring (bicyclic) bond motifs is 1. The minimum atomic E-state index is -0.224. The number of furan rings is 1. The second-order valence-electron chi connectivity index (χ2n) is 7.21. The van der Waals surface area contributed by atoms with Gasteiger partial charge in [-0.3, -0.25) is 0 Å². The van der Waals surface area contributed by atoms with E-state index in [1.807, 2.05) is 31.2 Å². The second-order valence-corrected chi connectivity index (χ2v) is 8.22. The van der Waals surface area contributed by atoms with E-state index < -0.39 is 0 Å². The molecule has 0 spiro atoms. The number of aromatic hydroxyl groups is 1. The number of hydrogen-bond acceptors (Lipinski definition) is 6. The Hall–Kier alpha value is -2.91. The molecule has 1 fully saturated rings. The number of aryl methyl sites for hydroxylation is 1. The van der Waals surface area contributed by atoms with Gasteiger partial charge in [-0.2, -0.15) is 4.52 Å². The molecule has 1 saturated heterocycles. The van der Waals surface area contributed by atoms with Crippen molar-refractivity contribution in [1.29, 1.82) is 0 Å². The van der Waals surface area contributed by atoms with E-state index in [2.05, 4.69) is 15.0 Å². The van der Waals surface area contributed by atoms with Crippen LogP contribution in [0.2, 0.25) is 0 Å². The normalized spacial score (nSPS) is 16.6. The zero-order valence-electron chi connectivity index (χ0n) is 15.9. The smallest absolute Gasteiger partial charge is 0.235 e. The lowest BCUT2D eigenvalue weighted by Gasteiger charge is -2.36. The molecule has 0 unspecified atom stereocenters. The van der Waals surface area contributed by atoms with Crippen LogP contribution in [0.1, 0.15) is 22.5 Å². The molecular weight excluding hydrogens is 393 g/mol. The summed E-state index contributed by atoms with van der Waals surface area (Å²) in [7, 11) is 0. The van der Waals surface area contributed by atoms with Gasteiger partial charge in [0.05, 0.1) is 32.4 Å². The number of piperazine rings is 1. The minimum absolute atomic E-state index is 0.125. The van der Waals surface area contributed by atoms with Gasteiger partial charge in [-0.15, -0.1) is 5.10 Å².